The van der Waals surface area contributed by atoms with Crippen LogP contribution in [-0.4, -0.2) is 31.0 Å². The minimum absolute atomic E-state index is 0.301. The molecule has 4 rings (SSSR count). The Labute approximate surface area is 143 Å². The van der Waals surface area contributed by atoms with Crippen LogP contribution in [0.3, 0.4) is 0 Å². The van der Waals surface area contributed by atoms with Crippen molar-refractivity contribution < 1.29 is 0 Å². The van der Waals surface area contributed by atoms with E-state index in [0.717, 1.165) is 31.0 Å². The summed E-state index contributed by atoms with van der Waals surface area (Å²) in [6.45, 7) is 1.98. The molecule has 1 aliphatic heterocycles. The first-order valence-corrected chi connectivity index (χ1v) is 9.37. The molecule has 1 aromatic carbocycles. The summed E-state index contributed by atoms with van der Waals surface area (Å²) in [6.07, 6.45) is 2.67. The van der Waals surface area contributed by atoms with Crippen LogP contribution in [-0.2, 0) is 13.0 Å². The van der Waals surface area contributed by atoms with Crippen LogP contribution in [0.5, 0.6) is 0 Å². The van der Waals surface area contributed by atoms with Gasteiger partial charge in [-0.15, -0.1) is 0 Å². The quantitative estimate of drug-likeness (QED) is 0.650. The zero-order valence-electron chi connectivity index (χ0n) is 11.5. The van der Waals surface area contributed by atoms with E-state index in [1.54, 1.807) is 12.4 Å². The number of rotatable bonds is 2. The molecule has 0 bridgehead atoms. The van der Waals surface area contributed by atoms with Gasteiger partial charge in [0.1, 0.15) is 0 Å². The zero-order valence-corrected chi connectivity index (χ0v) is 14.7. The standard InChI is InChI=1S/C15H12Cl2N4Se/c16-10-2-1-8(5-11(10)17)21-14-13-9-3-4-18-6-12(9)22-15(13)20-7-19-14/h1-2,5,7,18H,3-4,6H2,(H,19,20,21). The third-order valence-electron chi connectivity index (χ3n) is 3.69. The molecule has 1 aliphatic rings. The first kappa shape index (κ1) is 14.5. The van der Waals surface area contributed by atoms with Crippen LogP contribution < -0.4 is 10.6 Å². The molecule has 2 aromatic heterocycles. The molecule has 0 unspecified atom stereocenters. The maximum atomic E-state index is 6.09. The van der Waals surface area contributed by atoms with E-state index in [1.165, 1.54) is 19.8 Å². The molecule has 3 aromatic rings. The van der Waals surface area contributed by atoms with Gasteiger partial charge in [0, 0.05) is 0 Å². The first-order chi connectivity index (χ1) is 10.7. The average Bonchev–Trinajstić information content (AvgIpc) is 2.90. The number of anilines is 2. The van der Waals surface area contributed by atoms with E-state index < -0.39 is 0 Å². The monoisotopic (exact) mass is 398 g/mol. The summed E-state index contributed by atoms with van der Waals surface area (Å²) in [6, 6.07) is 5.50. The maximum absolute atomic E-state index is 6.09. The summed E-state index contributed by atoms with van der Waals surface area (Å²) in [5.41, 5.74) is 2.29. The number of hydrogen-bond acceptors (Lipinski definition) is 4. The number of hydrogen-bond donors (Lipinski definition) is 2. The van der Waals surface area contributed by atoms with E-state index in [-0.39, 0.29) is 0 Å². The third-order valence-corrected chi connectivity index (χ3v) is 6.82. The first-order valence-electron chi connectivity index (χ1n) is 6.90. The van der Waals surface area contributed by atoms with Gasteiger partial charge in [-0.05, 0) is 0 Å². The van der Waals surface area contributed by atoms with E-state index >= 15 is 0 Å². The summed E-state index contributed by atoms with van der Waals surface area (Å²) in [4.78, 5) is 8.92. The molecular weight excluding hydrogens is 386 g/mol. The van der Waals surface area contributed by atoms with Crippen molar-refractivity contribution in [2.24, 2.45) is 0 Å². The van der Waals surface area contributed by atoms with Crippen LogP contribution in [0.1, 0.15) is 10.0 Å². The minimum atomic E-state index is 0.301. The molecule has 0 radical (unpaired) electrons. The number of nitrogens with one attached hydrogen (secondary N) is 2. The molecule has 2 N–H and O–H groups in total. The number of fused-ring (bicyclic) bond motifs is 3. The molecule has 0 spiro atoms. The predicted molar refractivity (Wildman–Crippen MR) is 91.6 cm³/mol. The predicted octanol–water partition coefficient (Wildman–Crippen LogP) is 3.38. The molecule has 3 heterocycles. The molecule has 0 amide bonds. The Morgan fingerprint density at radius 3 is 2.95 bits per heavy atom. The molecule has 22 heavy (non-hydrogen) atoms. The van der Waals surface area contributed by atoms with Gasteiger partial charge < -0.3 is 0 Å². The van der Waals surface area contributed by atoms with Crippen molar-refractivity contribution in [3.05, 3.63) is 44.6 Å². The Balaban J connectivity index is 1.81. The molecule has 0 aliphatic carbocycles. The van der Waals surface area contributed by atoms with E-state index in [9.17, 15) is 0 Å². The van der Waals surface area contributed by atoms with Crippen LogP contribution in [0.4, 0.5) is 11.5 Å². The number of benzene rings is 1. The van der Waals surface area contributed by atoms with E-state index in [1.807, 2.05) is 12.1 Å². The molecule has 0 saturated carbocycles. The van der Waals surface area contributed by atoms with Crippen LogP contribution in [0, 0.1) is 0 Å². The van der Waals surface area contributed by atoms with Gasteiger partial charge in [-0.2, -0.15) is 0 Å². The van der Waals surface area contributed by atoms with E-state index in [2.05, 4.69) is 20.6 Å². The van der Waals surface area contributed by atoms with Crippen molar-refractivity contribution in [1.29, 1.82) is 0 Å². The van der Waals surface area contributed by atoms with E-state index in [0.29, 0.717) is 24.5 Å². The molecule has 0 saturated heterocycles. The van der Waals surface area contributed by atoms with Crippen LogP contribution in [0.25, 0.3) is 9.78 Å². The molecule has 112 valence electrons. The second kappa shape index (κ2) is 5.84. The van der Waals surface area contributed by atoms with Gasteiger partial charge in [0.25, 0.3) is 0 Å². The zero-order chi connectivity index (χ0) is 15.1. The van der Waals surface area contributed by atoms with Gasteiger partial charge in [0.15, 0.2) is 0 Å². The fraction of sp³-hybridized carbons (Fsp3) is 0.200. The van der Waals surface area contributed by atoms with E-state index in [4.69, 9.17) is 23.2 Å². The molecular formula is C15H12Cl2N4Se. The van der Waals surface area contributed by atoms with Crippen LogP contribution in [0.15, 0.2) is 24.5 Å². The summed E-state index contributed by atoms with van der Waals surface area (Å²) < 4.78 is 2.66. The summed E-state index contributed by atoms with van der Waals surface area (Å²) in [5.74, 6) is 0.858. The van der Waals surface area contributed by atoms with Gasteiger partial charge >= 0.3 is 144 Å². The van der Waals surface area contributed by atoms with Gasteiger partial charge in [0.05, 0.1) is 0 Å². The third kappa shape index (κ3) is 2.53. The molecule has 4 nitrogen and oxygen atoms in total. The Hall–Kier alpha value is -1.10. The molecule has 0 fully saturated rings. The summed E-state index contributed by atoms with van der Waals surface area (Å²) in [7, 11) is 0. The Morgan fingerprint density at radius 2 is 2.09 bits per heavy atom. The van der Waals surface area contributed by atoms with Crippen molar-refractivity contribution in [2.45, 2.75) is 13.0 Å². The molecule has 7 heteroatoms. The normalized spacial score (nSPS) is 14.1. The van der Waals surface area contributed by atoms with Gasteiger partial charge in [0.2, 0.25) is 0 Å². The SMILES string of the molecule is Clc1ccc(Nc2ncnc3[se]c4c(c23)CCNC4)cc1Cl. The summed E-state index contributed by atoms with van der Waals surface area (Å²) in [5, 5.41) is 9.06. The van der Waals surface area contributed by atoms with Gasteiger partial charge in [-0.25, -0.2) is 0 Å². The Bertz CT molecular complexity index is 862. The van der Waals surface area contributed by atoms with Crippen LogP contribution >= 0.6 is 23.2 Å². The second-order valence-electron chi connectivity index (χ2n) is 5.09. The van der Waals surface area contributed by atoms with Crippen molar-refractivity contribution in [2.75, 3.05) is 11.9 Å². The van der Waals surface area contributed by atoms with Gasteiger partial charge in [-0.1, -0.05) is 0 Å². The topological polar surface area (TPSA) is 49.8 Å². The van der Waals surface area contributed by atoms with Crippen molar-refractivity contribution in [1.82, 2.24) is 15.3 Å². The number of halogens is 2. The fourth-order valence-corrected chi connectivity index (χ4v) is 5.39. The van der Waals surface area contributed by atoms with Crippen molar-refractivity contribution in [3.8, 4) is 0 Å². The summed E-state index contributed by atoms with van der Waals surface area (Å²) >= 11 is 12.4. The van der Waals surface area contributed by atoms with Crippen LogP contribution in [0.2, 0.25) is 10.0 Å². The van der Waals surface area contributed by atoms with Gasteiger partial charge in [-0.3, -0.25) is 0 Å². The van der Waals surface area contributed by atoms with Crippen molar-refractivity contribution >= 4 is 59.0 Å². The average molecular weight is 398 g/mol. The fourth-order valence-electron chi connectivity index (χ4n) is 2.66. The Morgan fingerprint density at radius 1 is 1.18 bits per heavy atom. The molecule has 0 atom stereocenters. The van der Waals surface area contributed by atoms with Crippen molar-refractivity contribution in [3.63, 3.8) is 0 Å². The number of aromatic nitrogens is 2. The second-order valence-corrected chi connectivity index (χ2v) is 8.17. The Kier molecular flexibility index (Phi) is 3.84. The number of nitrogens with zero attached hydrogens (tertiary/aromatic N) is 2.